The molecule has 0 radical (unpaired) electrons. The summed E-state index contributed by atoms with van der Waals surface area (Å²) < 4.78 is 10.6. The zero-order valence-electron chi connectivity index (χ0n) is 12.2. The minimum absolute atomic E-state index is 0.000534. The lowest BCUT2D eigenvalue weighted by molar-refractivity contribution is -0.150. The van der Waals surface area contributed by atoms with Gasteiger partial charge in [0.15, 0.2) is 0 Å². The van der Waals surface area contributed by atoms with E-state index in [2.05, 4.69) is 0 Å². The molecule has 0 aromatic heterocycles. The van der Waals surface area contributed by atoms with Crippen LogP contribution in [0.1, 0.15) is 47.0 Å². The number of piperidine rings is 1. The maximum absolute atomic E-state index is 12.0. The van der Waals surface area contributed by atoms with Crippen LogP contribution in [0.25, 0.3) is 0 Å². The van der Waals surface area contributed by atoms with Crippen molar-refractivity contribution < 1.29 is 19.1 Å². The van der Waals surface area contributed by atoms with E-state index in [0.29, 0.717) is 25.9 Å². The fraction of sp³-hybridized carbons (Fsp3) is 0.857. The standard InChI is InChI=1S/C14H23NO4/c1-10-9-14(11(16)18-10)5-7-15(8-6-14)12(17)19-13(2,3)4/h10H,5-9H2,1-4H3. The normalized spacial score (nSPS) is 26.4. The first kappa shape index (κ1) is 14.2. The molecule has 2 rings (SSSR count). The number of carbonyl (C=O) groups is 2. The number of nitrogens with zero attached hydrogens (tertiary/aromatic N) is 1. The van der Waals surface area contributed by atoms with Crippen molar-refractivity contribution in [3.8, 4) is 0 Å². The molecule has 0 aliphatic carbocycles. The predicted molar refractivity (Wildman–Crippen MR) is 69.6 cm³/mol. The predicted octanol–water partition coefficient (Wildman–Crippen LogP) is 2.34. The topological polar surface area (TPSA) is 55.8 Å². The number of hydrogen-bond donors (Lipinski definition) is 0. The Balaban J connectivity index is 1.93. The Bertz CT molecular complexity index is 377. The Morgan fingerprint density at radius 3 is 2.37 bits per heavy atom. The van der Waals surface area contributed by atoms with Gasteiger partial charge in [-0.1, -0.05) is 0 Å². The van der Waals surface area contributed by atoms with Gasteiger partial charge in [0.2, 0.25) is 0 Å². The molecule has 108 valence electrons. The van der Waals surface area contributed by atoms with Crippen molar-refractivity contribution in [3.05, 3.63) is 0 Å². The van der Waals surface area contributed by atoms with Crippen molar-refractivity contribution in [1.29, 1.82) is 0 Å². The Morgan fingerprint density at radius 2 is 1.95 bits per heavy atom. The van der Waals surface area contributed by atoms with Crippen LogP contribution in [0.3, 0.4) is 0 Å². The van der Waals surface area contributed by atoms with Crippen LogP contribution < -0.4 is 0 Å². The number of cyclic esters (lactones) is 1. The third kappa shape index (κ3) is 3.01. The number of amides is 1. The first-order valence-electron chi connectivity index (χ1n) is 6.91. The fourth-order valence-electron chi connectivity index (χ4n) is 2.84. The number of esters is 1. The van der Waals surface area contributed by atoms with E-state index >= 15 is 0 Å². The van der Waals surface area contributed by atoms with Gasteiger partial charge in [-0.2, -0.15) is 0 Å². The molecule has 2 fully saturated rings. The summed E-state index contributed by atoms with van der Waals surface area (Å²) in [4.78, 5) is 25.5. The maximum Gasteiger partial charge on any atom is 0.410 e. The zero-order valence-corrected chi connectivity index (χ0v) is 12.2. The van der Waals surface area contributed by atoms with Crippen LogP contribution >= 0.6 is 0 Å². The van der Waals surface area contributed by atoms with Crippen molar-refractivity contribution in [3.63, 3.8) is 0 Å². The summed E-state index contributed by atoms with van der Waals surface area (Å²) in [6.07, 6.45) is 1.83. The van der Waals surface area contributed by atoms with Gasteiger partial charge in [0, 0.05) is 19.5 Å². The Kier molecular flexibility index (Phi) is 3.49. The average molecular weight is 269 g/mol. The molecule has 5 nitrogen and oxygen atoms in total. The molecule has 0 saturated carbocycles. The molecule has 2 heterocycles. The van der Waals surface area contributed by atoms with Crippen LogP contribution in [0, 0.1) is 5.41 Å². The van der Waals surface area contributed by atoms with Gasteiger partial charge in [-0.05, 0) is 40.5 Å². The second-order valence-electron chi connectivity index (χ2n) is 6.67. The van der Waals surface area contributed by atoms with Crippen molar-refractivity contribution >= 4 is 12.1 Å². The highest BCUT2D eigenvalue weighted by Gasteiger charge is 2.49. The molecule has 1 atom stereocenters. The summed E-state index contributed by atoms with van der Waals surface area (Å²) in [7, 11) is 0. The first-order valence-corrected chi connectivity index (χ1v) is 6.91. The number of hydrogen-bond acceptors (Lipinski definition) is 4. The second kappa shape index (κ2) is 4.69. The lowest BCUT2D eigenvalue weighted by atomic mass is 9.76. The average Bonchev–Trinajstić information content (AvgIpc) is 2.52. The zero-order chi connectivity index (χ0) is 14.3. The molecule has 19 heavy (non-hydrogen) atoms. The summed E-state index contributed by atoms with van der Waals surface area (Å²) in [5.74, 6) is -0.0937. The van der Waals surface area contributed by atoms with Gasteiger partial charge in [-0.15, -0.1) is 0 Å². The van der Waals surface area contributed by atoms with E-state index < -0.39 is 5.60 Å². The van der Waals surface area contributed by atoms with E-state index in [9.17, 15) is 9.59 Å². The van der Waals surface area contributed by atoms with Crippen molar-refractivity contribution in [1.82, 2.24) is 4.90 Å². The van der Waals surface area contributed by atoms with Gasteiger partial charge < -0.3 is 14.4 Å². The summed E-state index contributed by atoms with van der Waals surface area (Å²) in [6.45, 7) is 8.62. The van der Waals surface area contributed by atoms with E-state index in [1.807, 2.05) is 27.7 Å². The quantitative estimate of drug-likeness (QED) is 0.633. The van der Waals surface area contributed by atoms with Gasteiger partial charge >= 0.3 is 12.1 Å². The summed E-state index contributed by atoms with van der Waals surface area (Å²) in [5.41, 5.74) is -0.842. The minimum atomic E-state index is -0.479. The van der Waals surface area contributed by atoms with Crippen LogP contribution in [0.5, 0.6) is 0 Å². The Morgan fingerprint density at radius 1 is 1.37 bits per heavy atom. The van der Waals surface area contributed by atoms with Gasteiger partial charge in [0.25, 0.3) is 0 Å². The van der Waals surface area contributed by atoms with Gasteiger partial charge in [0.1, 0.15) is 11.7 Å². The van der Waals surface area contributed by atoms with E-state index in [1.165, 1.54) is 0 Å². The highest BCUT2D eigenvalue weighted by molar-refractivity contribution is 5.79. The van der Waals surface area contributed by atoms with Crippen molar-refractivity contribution in [2.75, 3.05) is 13.1 Å². The maximum atomic E-state index is 12.0. The van der Waals surface area contributed by atoms with Crippen LogP contribution in [-0.2, 0) is 14.3 Å². The second-order valence-corrected chi connectivity index (χ2v) is 6.67. The molecule has 1 amide bonds. The van der Waals surface area contributed by atoms with Crippen molar-refractivity contribution in [2.24, 2.45) is 5.41 Å². The molecule has 2 aliphatic heterocycles. The third-order valence-electron chi connectivity index (χ3n) is 3.79. The van der Waals surface area contributed by atoms with E-state index in [-0.39, 0.29) is 23.6 Å². The molecule has 0 aromatic carbocycles. The molecule has 1 unspecified atom stereocenters. The highest BCUT2D eigenvalue weighted by atomic mass is 16.6. The summed E-state index contributed by atoms with van der Waals surface area (Å²) in [5, 5.41) is 0. The smallest absolute Gasteiger partial charge is 0.410 e. The van der Waals surface area contributed by atoms with E-state index in [0.717, 1.165) is 6.42 Å². The molecule has 0 N–H and O–H groups in total. The van der Waals surface area contributed by atoms with Gasteiger partial charge in [-0.25, -0.2) is 4.79 Å². The largest absolute Gasteiger partial charge is 0.462 e. The molecule has 2 saturated heterocycles. The van der Waals surface area contributed by atoms with E-state index in [1.54, 1.807) is 4.90 Å². The fourth-order valence-corrected chi connectivity index (χ4v) is 2.84. The Hall–Kier alpha value is -1.26. The molecular formula is C14H23NO4. The lowest BCUT2D eigenvalue weighted by Crippen LogP contribution is -2.46. The summed E-state index contributed by atoms with van der Waals surface area (Å²) in [6, 6.07) is 0. The molecule has 2 aliphatic rings. The molecule has 1 spiro atoms. The van der Waals surface area contributed by atoms with Gasteiger partial charge in [-0.3, -0.25) is 4.79 Å². The molecule has 0 bridgehead atoms. The van der Waals surface area contributed by atoms with E-state index in [4.69, 9.17) is 9.47 Å². The SMILES string of the molecule is CC1CC2(CCN(C(=O)OC(C)(C)C)CC2)C(=O)O1. The highest BCUT2D eigenvalue weighted by Crippen LogP contribution is 2.43. The van der Waals surface area contributed by atoms with Crippen molar-refractivity contribution in [2.45, 2.75) is 58.7 Å². The van der Waals surface area contributed by atoms with Crippen LogP contribution in [-0.4, -0.2) is 41.8 Å². The molecule has 0 aromatic rings. The minimum Gasteiger partial charge on any atom is -0.462 e. The molecule has 5 heteroatoms. The van der Waals surface area contributed by atoms with Crippen LogP contribution in [0.2, 0.25) is 0 Å². The van der Waals surface area contributed by atoms with Gasteiger partial charge in [0.05, 0.1) is 5.41 Å². The summed E-state index contributed by atoms with van der Waals surface area (Å²) >= 11 is 0. The number of likely N-dealkylation sites (tertiary alicyclic amines) is 1. The monoisotopic (exact) mass is 269 g/mol. The number of carbonyl (C=O) groups excluding carboxylic acids is 2. The third-order valence-corrected chi connectivity index (χ3v) is 3.79. The first-order chi connectivity index (χ1) is 8.72. The Labute approximate surface area is 114 Å². The number of rotatable bonds is 0. The number of ether oxygens (including phenoxy) is 2. The molecular weight excluding hydrogens is 246 g/mol. The lowest BCUT2D eigenvalue weighted by Gasteiger charge is -2.37. The van der Waals surface area contributed by atoms with Crippen LogP contribution in [0.15, 0.2) is 0 Å². The van der Waals surface area contributed by atoms with Crippen LogP contribution in [0.4, 0.5) is 4.79 Å².